The molecule has 0 aliphatic heterocycles. The van der Waals surface area contributed by atoms with Crippen LogP contribution >= 0.6 is 0 Å². The maximum atomic E-state index is 12.5. The number of carbonyl (C=O) groups is 1. The quantitative estimate of drug-likeness (QED) is 0.745. The lowest BCUT2D eigenvalue weighted by Gasteiger charge is -2.16. The molecule has 0 aromatic heterocycles. The summed E-state index contributed by atoms with van der Waals surface area (Å²) in [5, 5.41) is 6.25. The molecule has 0 bridgehead atoms. The van der Waals surface area contributed by atoms with Gasteiger partial charge in [0.2, 0.25) is 5.91 Å². The van der Waals surface area contributed by atoms with Gasteiger partial charge in [-0.1, -0.05) is 32.0 Å². The summed E-state index contributed by atoms with van der Waals surface area (Å²) in [6, 6.07) is 9.89. The van der Waals surface area contributed by atoms with E-state index >= 15 is 0 Å². The fourth-order valence-corrected chi connectivity index (χ4v) is 2.93. The molecule has 2 aromatic carbocycles. The highest BCUT2D eigenvalue weighted by atomic mass is 16.5. The van der Waals surface area contributed by atoms with Crippen LogP contribution in [0.3, 0.4) is 0 Å². The van der Waals surface area contributed by atoms with Gasteiger partial charge < -0.3 is 20.1 Å². The number of rotatable bonds is 8. The van der Waals surface area contributed by atoms with Crippen LogP contribution < -0.4 is 20.1 Å². The normalized spacial score (nSPS) is 10.3. The Kier molecular flexibility index (Phi) is 6.89. The summed E-state index contributed by atoms with van der Waals surface area (Å²) in [5.41, 5.74) is 5.07. The maximum absolute atomic E-state index is 12.5. The second kappa shape index (κ2) is 9.13. The Morgan fingerprint density at radius 1 is 1.00 bits per heavy atom. The lowest BCUT2D eigenvalue weighted by Crippen LogP contribution is -2.23. The molecule has 0 spiro atoms. The number of amides is 1. The topological polar surface area (TPSA) is 59.6 Å². The van der Waals surface area contributed by atoms with Gasteiger partial charge in [-0.3, -0.25) is 4.79 Å². The highest BCUT2D eigenvalue weighted by Gasteiger charge is 2.12. The zero-order chi connectivity index (χ0) is 19.1. The first kappa shape index (κ1) is 19.6. The number of methoxy groups -OCH3 is 2. The van der Waals surface area contributed by atoms with Crippen LogP contribution in [-0.4, -0.2) is 26.7 Å². The highest BCUT2D eigenvalue weighted by Crippen LogP contribution is 2.32. The predicted molar refractivity (Wildman–Crippen MR) is 107 cm³/mol. The Labute approximate surface area is 155 Å². The first-order valence-corrected chi connectivity index (χ1v) is 8.91. The van der Waals surface area contributed by atoms with Gasteiger partial charge in [0, 0.05) is 17.4 Å². The van der Waals surface area contributed by atoms with E-state index in [0.717, 1.165) is 40.9 Å². The van der Waals surface area contributed by atoms with Crippen molar-refractivity contribution in [2.45, 2.75) is 33.6 Å². The zero-order valence-corrected chi connectivity index (χ0v) is 16.2. The van der Waals surface area contributed by atoms with Gasteiger partial charge >= 0.3 is 0 Å². The molecule has 2 aromatic rings. The molecule has 0 aliphatic carbocycles. The molecule has 0 saturated carbocycles. The number of para-hydroxylation sites is 1. The molecule has 0 radical (unpaired) electrons. The molecular formula is C21H28N2O3. The van der Waals surface area contributed by atoms with Crippen molar-refractivity contribution in [1.82, 2.24) is 0 Å². The third-order valence-corrected chi connectivity index (χ3v) is 4.43. The van der Waals surface area contributed by atoms with Gasteiger partial charge in [-0.05, 0) is 42.5 Å². The smallest absolute Gasteiger partial charge is 0.243 e. The Balaban J connectivity index is 2.11. The van der Waals surface area contributed by atoms with Crippen molar-refractivity contribution in [3.63, 3.8) is 0 Å². The number of nitrogens with one attached hydrogen (secondary N) is 2. The molecule has 0 saturated heterocycles. The molecule has 1 amide bonds. The predicted octanol–water partition coefficient (Wildman–Crippen LogP) is 4.19. The van der Waals surface area contributed by atoms with Gasteiger partial charge in [0.05, 0.1) is 20.8 Å². The van der Waals surface area contributed by atoms with Crippen LogP contribution in [0.4, 0.5) is 11.4 Å². The standard InChI is InChI=1S/C21H28N2O3/c1-6-15-9-8-10-16(7-2)21(15)23-20(24)13-22-17-12-19(26-5)18(25-4)11-14(17)3/h8-12,22H,6-7,13H2,1-5H3,(H,23,24). The summed E-state index contributed by atoms with van der Waals surface area (Å²) < 4.78 is 10.6. The summed E-state index contributed by atoms with van der Waals surface area (Å²) in [5.74, 6) is 1.23. The lowest BCUT2D eigenvalue weighted by atomic mass is 10.0. The molecule has 0 fully saturated rings. The molecule has 26 heavy (non-hydrogen) atoms. The number of anilines is 2. The Morgan fingerprint density at radius 2 is 1.58 bits per heavy atom. The minimum atomic E-state index is -0.0743. The van der Waals surface area contributed by atoms with Crippen molar-refractivity contribution < 1.29 is 14.3 Å². The summed E-state index contributed by atoms with van der Waals surface area (Å²) in [6.07, 6.45) is 1.76. The SMILES string of the molecule is CCc1cccc(CC)c1NC(=O)CNc1cc(OC)c(OC)cc1C. The van der Waals surface area contributed by atoms with Crippen LogP contribution in [0.2, 0.25) is 0 Å². The minimum Gasteiger partial charge on any atom is -0.493 e. The van der Waals surface area contributed by atoms with Crippen molar-refractivity contribution in [2.24, 2.45) is 0 Å². The Hall–Kier alpha value is -2.69. The number of hydrogen-bond acceptors (Lipinski definition) is 4. The summed E-state index contributed by atoms with van der Waals surface area (Å²) in [7, 11) is 3.20. The third kappa shape index (κ3) is 4.48. The van der Waals surface area contributed by atoms with Gasteiger partial charge in [0.1, 0.15) is 0 Å². The molecule has 0 atom stereocenters. The largest absolute Gasteiger partial charge is 0.493 e. The molecule has 140 valence electrons. The van der Waals surface area contributed by atoms with Gasteiger partial charge in [-0.2, -0.15) is 0 Å². The molecule has 5 nitrogen and oxygen atoms in total. The summed E-state index contributed by atoms with van der Waals surface area (Å²) in [4.78, 5) is 12.5. The third-order valence-electron chi connectivity index (χ3n) is 4.43. The molecule has 2 N–H and O–H groups in total. The van der Waals surface area contributed by atoms with Crippen LogP contribution in [0.25, 0.3) is 0 Å². The van der Waals surface area contributed by atoms with E-state index in [4.69, 9.17) is 9.47 Å². The van der Waals surface area contributed by atoms with Crippen LogP contribution in [0.15, 0.2) is 30.3 Å². The average molecular weight is 356 g/mol. The van der Waals surface area contributed by atoms with E-state index < -0.39 is 0 Å². The van der Waals surface area contributed by atoms with Gasteiger partial charge in [0.25, 0.3) is 0 Å². The van der Waals surface area contributed by atoms with E-state index in [1.807, 2.05) is 25.1 Å². The number of benzene rings is 2. The van der Waals surface area contributed by atoms with Gasteiger partial charge in [-0.15, -0.1) is 0 Å². The van der Waals surface area contributed by atoms with Gasteiger partial charge in [0.15, 0.2) is 11.5 Å². The molecule has 2 rings (SSSR count). The maximum Gasteiger partial charge on any atom is 0.243 e. The van der Waals surface area contributed by atoms with Crippen LogP contribution in [0, 0.1) is 6.92 Å². The summed E-state index contributed by atoms with van der Waals surface area (Å²) >= 11 is 0. The Bertz CT molecular complexity index is 750. The van der Waals surface area contributed by atoms with E-state index in [1.54, 1.807) is 14.2 Å². The number of aryl methyl sites for hydroxylation is 3. The second-order valence-electron chi connectivity index (χ2n) is 6.08. The van der Waals surface area contributed by atoms with E-state index in [9.17, 15) is 4.79 Å². The van der Waals surface area contributed by atoms with Crippen molar-refractivity contribution in [3.8, 4) is 11.5 Å². The minimum absolute atomic E-state index is 0.0743. The van der Waals surface area contributed by atoms with Crippen molar-refractivity contribution in [3.05, 3.63) is 47.0 Å². The first-order valence-electron chi connectivity index (χ1n) is 8.91. The van der Waals surface area contributed by atoms with Gasteiger partial charge in [-0.25, -0.2) is 0 Å². The lowest BCUT2D eigenvalue weighted by molar-refractivity contribution is -0.114. The number of ether oxygens (including phenoxy) is 2. The molecular weight excluding hydrogens is 328 g/mol. The van der Waals surface area contributed by atoms with Crippen molar-refractivity contribution >= 4 is 17.3 Å². The van der Waals surface area contributed by atoms with E-state index in [2.05, 4.69) is 36.6 Å². The van der Waals surface area contributed by atoms with Crippen molar-refractivity contribution in [2.75, 3.05) is 31.4 Å². The number of carbonyl (C=O) groups excluding carboxylic acids is 1. The highest BCUT2D eigenvalue weighted by molar-refractivity contribution is 5.95. The Morgan fingerprint density at radius 3 is 2.12 bits per heavy atom. The van der Waals surface area contributed by atoms with Crippen molar-refractivity contribution in [1.29, 1.82) is 0 Å². The van der Waals surface area contributed by atoms with E-state index in [-0.39, 0.29) is 12.5 Å². The van der Waals surface area contributed by atoms with Crippen LogP contribution in [0.1, 0.15) is 30.5 Å². The van der Waals surface area contributed by atoms with Crippen LogP contribution in [-0.2, 0) is 17.6 Å². The molecule has 5 heteroatoms. The molecule has 0 aliphatic rings. The first-order chi connectivity index (χ1) is 12.5. The summed E-state index contributed by atoms with van der Waals surface area (Å²) in [6.45, 7) is 6.33. The monoisotopic (exact) mass is 356 g/mol. The number of hydrogen-bond donors (Lipinski definition) is 2. The fraction of sp³-hybridized carbons (Fsp3) is 0.381. The zero-order valence-electron chi connectivity index (χ0n) is 16.2. The average Bonchev–Trinajstić information content (AvgIpc) is 2.66. The molecule has 0 heterocycles. The van der Waals surface area contributed by atoms with E-state index in [0.29, 0.717) is 11.5 Å². The molecule has 0 unspecified atom stereocenters. The second-order valence-corrected chi connectivity index (χ2v) is 6.08. The van der Waals surface area contributed by atoms with E-state index in [1.165, 1.54) is 0 Å². The fourth-order valence-electron chi connectivity index (χ4n) is 2.93. The van der Waals surface area contributed by atoms with Crippen LogP contribution in [0.5, 0.6) is 11.5 Å².